The molecule has 0 radical (unpaired) electrons. The first-order valence-corrected chi connectivity index (χ1v) is 19.5. The van der Waals surface area contributed by atoms with E-state index in [-0.39, 0.29) is 31.9 Å². The molecule has 0 aliphatic carbocycles. The molecule has 9 aromatic rings. The van der Waals surface area contributed by atoms with Crippen LogP contribution in [0.15, 0.2) is 158 Å². The van der Waals surface area contributed by atoms with Gasteiger partial charge in [-0.1, -0.05) is 126 Å². The SMILES string of the molecule is CC(C)(C)c1ccnc(-n2c3[c-]c(Oc4[c-]c(-n5[c-][n+](-c6cc(-c7ccccc7)cc(-c7ccccc7)c6)cc5C(C)(C)C)ccc4)ccc3c3ccccc32)c1.[Pt]. The molecule has 0 atom stereocenters. The molecule has 0 amide bonds. The van der Waals surface area contributed by atoms with Crippen molar-refractivity contribution in [3.05, 3.63) is 188 Å². The molecule has 0 aliphatic heterocycles. The summed E-state index contributed by atoms with van der Waals surface area (Å²) in [7, 11) is 0. The molecule has 9 rings (SSSR count). The second kappa shape index (κ2) is 15.4. The van der Waals surface area contributed by atoms with Gasteiger partial charge in [-0.15, -0.1) is 29.7 Å². The fourth-order valence-corrected chi connectivity index (χ4v) is 7.48. The first-order valence-electron chi connectivity index (χ1n) is 19.5. The predicted octanol–water partition coefficient (Wildman–Crippen LogP) is 12.4. The quantitative estimate of drug-likeness (QED) is 0.118. The summed E-state index contributed by atoms with van der Waals surface area (Å²) in [4.78, 5) is 4.83. The maximum absolute atomic E-state index is 6.58. The molecule has 0 unspecified atom stereocenters. The monoisotopic (exact) mass is 935 g/mol. The van der Waals surface area contributed by atoms with E-state index in [0.29, 0.717) is 11.5 Å². The number of benzene rings is 6. The van der Waals surface area contributed by atoms with Crippen LogP contribution in [0.4, 0.5) is 0 Å². The van der Waals surface area contributed by atoms with Crippen LogP contribution in [-0.4, -0.2) is 14.1 Å². The molecule has 0 N–H and O–H groups in total. The molecule has 0 bridgehead atoms. The zero-order valence-corrected chi connectivity index (χ0v) is 35.8. The van der Waals surface area contributed by atoms with Crippen molar-refractivity contribution >= 4 is 21.8 Å². The molecule has 0 saturated carbocycles. The van der Waals surface area contributed by atoms with Gasteiger partial charge in [-0.25, -0.2) is 4.98 Å². The van der Waals surface area contributed by atoms with Crippen LogP contribution in [0.3, 0.4) is 0 Å². The Bertz CT molecular complexity index is 2840. The van der Waals surface area contributed by atoms with E-state index < -0.39 is 0 Å². The van der Waals surface area contributed by atoms with Crippen molar-refractivity contribution in [1.82, 2.24) is 14.1 Å². The maximum Gasteiger partial charge on any atom is 0.267 e. The fourth-order valence-electron chi connectivity index (χ4n) is 7.48. The van der Waals surface area contributed by atoms with Gasteiger partial charge in [-0.2, -0.15) is 18.2 Å². The van der Waals surface area contributed by atoms with E-state index in [9.17, 15) is 0 Å². The molecule has 6 aromatic carbocycles. The van der Waals surface area contributed by atoms with Gasteiger partial charge in [0, 0.05) is 50.5 Å². The number of aromatic nitrogens is 4. The Kier molecular flexibility index (Phi) is 10.3. The average molecular weight is 936 g/mol. The zero-order chi connectivity index (χ0) is 39.3. The number of nitrogens with zero attached hydrogens (tertiary/aromatic N) is 4. The number of ether oxygens (including phenoxy) is 1. The van der Waals surface area contributed by atoms with Gasteiger partial charge in [0.25, 0.3) is 6.33 Å². The van der Waals surface area contributed by atoms with Crippen LogP contribution in [0.1, 0.15) is 52.8 Å². The third kappa shape index (κ3) is 7.55. The molecule has 0 fully saturated rings. The minimum Gasteiger partial charge on any atom is -0.510 e. The number of pyridine rings is 1. The number of rotatable bonds is 7. The van der Waals surface area contributed by atoms with Gasteiger partial charge < -0.3 is 13.9 Å². The van der Waals surface area contributed by atoms with Crippen molar-refractivity contribution in [2.75, 3.05) is 0 Å². The van der Waals surface area contributed by atoms with Crippen LogP contribution >= 0.6 is 0 Å². The van der Waals surface area contributed by atoms with Crippen molar-refractivity contribution in [2.45, 2.75) is 52.4 Å². The molecule has 0 saturated heterocycles. The van der Waals surface area contributed by atoms with Crippen LogP contribution in [0.2, 0.25) is 0 Å². The van der Waals surface area contributed by atoms with Gasteiger partial charge in [-0.3, -0.25) is 4.57 Å². The van der Waals surface area contributed by atoms with E-state index in [1.807, 2.05) is 24.4 Å². The summed E-state index contributed by atoms with van der Waals surface area (Å²) in [5, 5.41) is 2.23. The second-order valence-corrected chi connectivity index (χ2v) is 16.7. The van der Waals surface area contributed by atoms with Gasteiger partial charge in [0.05, 0.1) is 11.4 Å². The Labute approximate surface area is 355 Å². The molecule has 0 spiro atoms. The van der Waals surface area contributed by atoms with Crippen molar-refractivity contribution in [1.29, 1.82) is 0 Å². The Morgan fingerprint density at radius 2 is 1.24 bits per heavy atom. The third-order valence-electron chi connectivity index (χ3n) is 10.5. The molecule has 0 aliphatic rings. The van der Waals surface area contributed by atoms with Crippen LogP contribution in [-0.2, 0) is 31.9 Å². The minimum atomic E-state index is -0.198. The minimum absolute atomic E-state index is 0. The Hall–Kier alpha value is -6.03. The molecule has 5 nitrogen and oxygen atoms in total. The Morgan fingerprint density at radius 1 is 0.586 bits per heavy atom. The molecule has 3 aromatic heterocycles. The van der Waals surface area contributed by atoms with Crippen molar-refractivity contribution < 1.29 is 30.4 Å². The average Bonchev–Trinajstić information content (AvgIpc) is 3.82. The standard InChI is InChI=1S/C52H44N4O.Pt/c1-51(2,3)40-26-27-53-50(31-40)56-47-23-14-13-22-45(47)46-25-24-44(33-48(46)56)57-43-21-15-20-41(32-43)55-35-54(34-49(55)52(4,5)6)42-29-38(36-16-9-7-10-17-36)28-39(30-42)37-18-11-8-12-19-37;/h7-31,34H,1-6H3;/q-2;. The summed E-state index contributed by atoms with van der Waals surface area (Å²) in [5.41, 5.74) is 10.5. The van der Waals surface area contributed by atoms with E-state index in [2.05, 4.69) is 207 Å². The summed E-state index contributed by atoms with van der Waals surface area (Å²) < 4.78 is 13.0. The van der Waals surface area contributed by atoms with E-state index in [1.165, 1.54) is 5.56 Å². The summed E-state index contributed by atoms with van der Waals surface area (Å²) >= 11 is 0. The van der Waals surface area contributed by atoms with Crippen LogP contribution < -0.4 is 9.30 Å². The van der Waals surface area contributed by atoms with Crippen molar-refractivity contribution in [3.8, 4) is 50.9 Å². The third-order valence-corrected chi connectivity index (χ3v) is 10.5. The Balaban J connectivity index is 0.00000469. The molecular formula is C52H44N4OPt-2. The van der Waals surface area contributed by atoms with Gasteiger partial charge in [0.15, 0.2) is 0 Å². The Morgan fingerprint density at radius 3 is 1.91 bits per heavy atom. The van der Waals surface area contributed by atoms with Gasteiger partial charge in [0.1, 0.15) is 5.82 Å². The molecule has 3 heterocycles. The number of hydrogen-bond donors (Lipinski definition) is 0. The van der Waals surface area contributed by atoms with Crippen LogP contribution in [0.25, 0.3) is 61.3 Å². The zero-order valence-electron chi connectivity index (χ0n) is 33.5. The van der Waals surface area contributed by atoms with E-state index >= 15 is 0 Å². The second-order valence-electron chi connectivity index (χ2n) is 16.7. The van der Waals surface area contributed by atoms with Crippen molar-refractivity contribution in [3.63, 3.8) is 0 Å². The van der Waals surface area contributed by atoms with Gasteiger partial charge in [-0.05, 0) is 86.1 Å². The van der Waals surface area contributed by atoms with Gasteiger partial charge in [0.2, 0.25) is 0 Å². The fraction of sp³-hybridized carbons (Fsp3) is 0.154. The molecule has 58 heavy (non-hydrogen) atoms. The molecular weight excluding hydrogens is 892 g/mol. The van der Waals surface area contributed by atoms with Gasteiger partial charge >= 0.3 is 0 Å². The normalized spacial score (nSPS) is 11.8. The van der Waals surface area contributed by atoms with Crippen molar-refractivity contribution in [2.24, 2.45) is 0 Å². The molecule has 6 heteroatoms. The summed E-state index contributed by atoms with van der Waals surface area (Å²) in [6.07, 6.45) is 7.76. The predicted molar refractivity (Wildman–Crippen MR) is 231 cm³/mol. The van der Waals surface area contributed by atoms with E-state index in [0.717, 1.165) is 66.9 Å². The van der Waals surface area contributed by atoms with Crippen LogP contribution in [0, 0.1) is 18.5 Å². The summed E-state index contributed by atoms with van der Waals surface area (Å²) in [5.74, 6) is 2.04. The summed E-state index contributed by atoms with van der Waals surface area (Å²) in [6.45, 7) is 13.3. The number of para-hydroxylation sites is 1. The topological polar surface area (TPSA) is 35.9 Å². The number of imidazole rings is 1. The maximum atomic E-state index is 6.58. The molecule has 290 valence electrons. The smallest absolute Gasteiger partial charge is 0.267 e. The van der Waals surface area contributed by atoms with E-state index in [1.54, 1.807) is 0 Å². The summed E-state index contributed by atoms with van der Waals surface area (Å²) in [6, 6.07) is 57.8. The first-order chi connectivity index (χ1) is 27.5. The largest absolute Gasteiger partial charge is 0.510 e. The number of fused-ring (bicyclic) bond motifs is 3. The number of hydrogen-bond acceptors (Lipinski definition) is 2. The van der Waals surface area contributed by atoms with Crippen LogP contribution in [0.5, 0.6) is 11.5 Å². The van der Waals surface area contributed by atoms with E-state index in [4.69, 9.17) is 9.72 Å². The first kappa shape index (κ1) is 38.8.